The zero-order valence-electron chi connectivity index (χ0n) is 9.70. The van der Waals surface area contributed by atoms with E-state index in [0.717, 1.165) is 23.5 Å². The summed E-state index contributed by atoms with van der Waals surface area (Å²) in [6.07, 6.45) is 0.973. The van der Waals surface area contributed by atoms with Crippen LogP contribution in [0.4, 0.5) is 0 Å². The summed E-state index contributed by atoms with van der Waals surface area (Å²) in [5.41, 5.74) is 1.11. The summed E-state index contributed by atoms with van der Waals surface area (Å²) in [6.45, 7) is 5.59. The Morgan fingerprint density at radius 3 is 2.56 bits per heavy atom. The van der Waals surface area contributed by atoms with Crippen LogP contribution in [0.2, 0.25) is 0 Å². The van der Waals surface area contributed by atoms with E-state index < -0.39 is 0 Å². The standard InChI is InChI=1S/C13H17ClO2/c1-9(2)7-11(14)10-3-4-12-13(8-10)16-6-5-15-12/h3-4,8-9,11H,5-7H2,1-2H3. The van der Waals surface area contributed by atoms with Crippen molar-refractivity contribution < 1.29 is 9.47 Å². The van der Waals surface area contributed by atoms with Crippen molar-refractivity contribution in [2.24, 2.45) is 5.92 Å². The highest BCUT2D eigenvalue weighted by Gasteiger charge is 2.16. The Kier molecular flexibility index (Phi) is 3.59. The molecule has 2 rings (SSSR count). The number of rotatable bonds is 3. The fourth-order valence-electron chi connectivity index (χ4n) is 1.80. The largest absolute Gasteiger partial charge is 0.486 e. The number of halogens is 1. The Balaban J connectivity index is 2.16. The van der Waals surface area contributed by atoms with E-state index in [-0.39, 0.29) is 5.38 Å². The third kappa shape index (κ3) is 2.62. The van der Waals surface area contributed by atoms with Gasteiger partial charge in [-0.25, -0.2) is 0 Å². The van der Waals surface area contributed by atoms with Crippen LogP contribution < -0.4 is 9.47 Å². The van der Waals surface area contributed by atoms with Crippen molar-refractivity contribution in [3.05, 3.63) is 23.8 Å². The lowest BCUT2D eigenvalue weighted by molar-refractivity contribution is 0.171. The molecular formula is C13H17ClO2. The van der Waals surface area contributed by atoms with Crippen molar-refractivity contribution in [2.75, 3.05) is 13.2 Å². The molecule has 0 N–H and O–H groups in total. The van der Waals surface area contributed by atoms with Gasteiger partial charge in [0.25, 0.3) is 0 Å². The van der Waals surface area contributed by atoms with E-state index in [4.69, 9.17) is 21.1 Å². The molecule has 0 saturated heterocycles. The van der Waals surface area contributed by atoms with Crippen LogP contribution >= 0.6 is 11.6 Å². The number of hydrogen-bond donors (Lipinski definition) is 0. The molecule has 1 aromatic carbocycles. The summed E-state index contributed by atoms with van der Waals surface area (Å²) < 4.78 is 11.0. The molecule has 0 saturated carbocycles. The normalized spacial score (nSPS) is 16.2. The van der Waals surface area contributed by atoms with E-state index in [1.165, 1.54) is 0 Å². The molecule has 16 heavy (non-hydrogen) atoms. The molecule has 1 heterocycles. The summed E-state index contributed by atoms with van der Waals surface area (Å²) >= 11 is 6.35. The molecule has 88 valence electrons. The van der Waals surface area contributed by atoms with Gasteiger partial charge in [-0.15, -0.1) is 11.6 Å². The number of alkyl halides is 1. The zero-order chi connectivity index (χ0) is 11.5. The molecule has 0 bridgehead atoms. The second kappa shape index (κ2) is 4.96. The van der Waals surface area contributed by atoms with Crippen LogP contribution in [0.1, 0.15) is 31.2 Å². The van der Waals surface area contributed by atoms with Gasteiger partial charge in [0, 0.05) is 0 Å². The molecule has 1 aromatic rings. The van der Waals surface area contributed by atoms with Crippen LogP contribution in [0, 0.1) is 5.92 Å². The average Bonchev–Trinajstić information content (AvgIpc) is 2.27. The molecule has 1 unspecified atom stereocenters. The van der Waals surface area contributed by atoms with Gasteiger partial charge in [-0.1, -0.05) is 19.9 Å². The van der Waals surface area contributed by atoms with E-state index >= 15 is 0 Å². The summed E-state index contributed by atoms with van der Waals surface area (Å²) in [6, 6.07) is 5.96. The van der Waals surface area contributed by atoms with Gasteiger partial charge >= 0.3 is 0 Å². The molecular weight excluding hydrogens is 224 g/mol. The lowest BCUT2D eigenvalue weighted by Gasteiger charge is -2.20. The van der Waals surface area contributed by atoms with Gasteiger partial charge in [-0.05, 0) is 30.0 Å². The summed E-state index contributed by atoms with van der Waals surface area (Å²) in [5, 5.41) is 0.0517. The van der Waals surface area contributed by atoms with Gasteiger partial charge in [0.1, 0.15) is 13.2 Å². The van der Waals surface area contributed by atoms with Crippen LogP contribution in [0.15, 0.2) is 18.2 Å². The smallest absolute Gasteiger partial charge is 0.161 e. The van der Waals surface area contributed by atoms with Crippen molar-refractivity contribution >= 4 is 11.6 Å². The van der Waals surface area contributed by atoms with E-state index in [1.807, 2.05) is 18.2 Å². The van der Waals surface area contributed by atoms with Gasteiger partial charge in [-0.3, -0.25) is 0 Å². The quantitative estimate of drug-likeness (QED) is 0.749. The predicted molar refractivity (Wildman–Crippen MR) is 65.5 cm³/mol. The topological polar surface area (TPSA) is 18.5 Å². The second-order valence-corrected chi connectivity index (χ2v) is 5.03. The van der Waals surface area contributed by atoms with Crippen molar-refractivity contribution in [3.8, 4) is 11.5 Å². The minimum Gasteiger partial charge on any atom is -0.486 e. The van der Waals surface area contributed by atoms with E-state index in [2.05, 4.69) is 13.8 Å². The summed E-state index contributed by atoms with van der Waals surface area (Å²) in [5.74, 6) is 2.23. The fourth-order valence-corrected chi connectivity index (χ4v) is 2.30. The second-order valence-electron chi connectivity index (χ2n) is 4.50. The highest BCUT2D eigenvalue weighted by molar-refractivity contribution is 6.20. The first-order valence-corrected chi connectivity index (χ1v) is 6.14. The van der Waals surface area contributed by atoms with Crippen molar-refractivity contribution in [2.45, 2.75) is 25.6 Å². The average molecular weight is 241 g/mol. The first-order valence-electron chi connectivity index (χ1n) is 5.70. The number of hydrogen-bond acceptors (Lipinski definition) is 2. The van der Waals surface area contributed by atoms with Crippen LogP contribution in [0.3, 0.4) is 0 Å². The molecule has 2 nitrogen and oxygen atoms in total. The first-order chi connectivity index (χ1) is 7.66. The molecule has 0 spiro atoms. The van der Waals surface area contributed by atoms with Gasteiger partial charge in [0.05, 0.1) is 5.38 Å². The third-order valence-electron chi connectivity index (χ3n) is 2.61. The summed E-state index contributed by atoms with van der Waals surface area (Å²) in [4.78, 5) is 0. The monoisotopic (exact) mass is 240 g/mol. The highest BCUT2D eigenvalue weighted by Crippen LogP contribution is 2.36. The number of ether oxygens (including phenoxy) is 2. The van der Waals surface area contributed by atoms with E-state index in [1.54, 1.807) is 0 Å². The Bertz CT molecular complexity index is 363. The Morgan fingerprint density at radius 1 is 1.19 bits per heavy atom. The molecule has 0 radical (unpaired) electrons. The van der Waals surface area contributed by atoms with Crippen LogP contribution in [0.25, 0.3) is 0 Å². The van der Waals surface area contributed by atoms with Crippen molar-refractivity contribution in [1.29, 1.82) is 0 Å². The fraction of sp³-hybridized carbons (Fsp3) is 0.538. The molecule has 0 amide bonds. The van der Waals surface area contributed by atoms with E-state index in [9.17, 15) is 0 Å². The molecule has 0 aromatic heterocycles. The van der Waals surface area contributed by atoms with Crippen LogP contribution in [-0.4, -0.2) is 13.2 Å². The number of fused-ring (bicyclic) bond motifs is 1. The molecule has 3 heteroatoms. The summed E-state index contributed by atoms with van der Waals surface area (Å²) in [7, 11) is 0. The van der Waals surface area contributed by atoms with Gasteiger partial charge in [0.15, 0.2) is 11.5 Å². The Hall–Kier alpha value is -0.890. The van der Waals surface area contributed by atoms with Gasteiger partial charge in [0.2, 0.25) is 0 Å². The predicted octanol–water partition coefficient (Wildman–Crippen LogP) is 3.78. The maximum Gasteiger partial charge on any atom is 0.161 e. The highest BCUT2D eigenvalue weighted by atomic mass is 35.5. The molecule has 1 aliphatic heterocycles. The SMILES string of the molecule is CC(C)CC(Cl)c1ccc2c(c1)OCCO2. The molecule has 0 fully saturated rings. The van der Waals surface area contributed by atoms with Crippen molar-refractivity contribution in [1.82, 2.24) is 0 Å². The molecule has 0 aliphatic carbocycles. The zero-order valence-corrected chi connectivity index (χ0v) is 10.5. The Labute approximate surface area is 102 Å². The minimum absolute atomic E-state index is 0.0517. The van der Waals surface area contributed by atoms with Gasteiger partial charge in [-0.2, -0.15) is 0 Å². The molecule has 1 atom stereocenters. The van der Waals surface area contributed by atoms with Gasteiger partial charge < -0.3 is 9.47 Å². The number of benzene rings is 1. The lowest BCUT2D eigenvalue weighted by atomic mass is 10.0. The van der Waals surface area contributed by atoms with E-state index in [0.29, 0.717) is 19.1 Å². The lowest BCUT2D eigenvalue weighted by Crippen LogP contribution is -2.15. The first kappa shape index (κ1) is 11.6. The maximum absolute atomic E-state index is 6.35. The van der Waals surface area contributed by atoms with Crippen molar-refractivity contribution in [3.63, 3.8) is 0 Å². The van der Waals surface area contributed by atoms with Crippen LogP contribution in [0.5, 0.6) is 11.5 Å². The molecule has 1 aliphatic rings. The minimum atomic E-state index is 0.0517. The maximum atomic E-state index is 6.35. The van der Waals surface area contributed by atoms with Crippen LogP contribution in [-0.2, 0) is 0 Å². The Morgan fingerprint density at radius 2 is 1.88 bits per heavy atom. The third-order valence-corrected chi connectivity index (χ3v) is 3.04.